The fourth-order valence-electron chi connectivity index (χ4n) is 7.27. The summed E-state index contributed by atoms with van der Waals surface area (Å²) in [6, 6.07) is -3.63. The van der Waals surface area contributed by atoms with Gasteiger partial charge < -0.3 is 100.0 Å². The summed E-state index contributed by atoms with van der Waals surface area (Å²) < 4.78 is 113. The van der Waals surface area contributed by atoms with Gasteiger partial charge in [-0.2, -0.15) is 16.8 Å². The van der Waals surface area contributed by atoms with Crippen LogP contribution in [0.2, 0.25) is 0 Å². The summed E-state index contributed by atoms with van der Waals surface area (Å²) in [5.74, 6) is -7.34. The number of aliphatic hydroxyl groups excluding tert-OH is 10. The standard InChI is InChI=1S/C31H52N2O29S2/c1-8-17(39)20(42)21(43)28(56-8)60-25-16(33-10(3)36)27(45)57-14(7-55-64(51,52)53)23(25)59-29-22(44)26(19(41)13(58-29)6-54-63(48,49)50)62-31(30(46)47)4-11(37)15(32-9(2)35)24(61-31)18(40)12(38)5-34/h8,11-29,34,37-45H,4-7H2,1-3H3,(H,32,35)(H,33,36)(H,46,47)(H,48,49,50)(H,51,52,53)/t8-,11-,12+,13+,14+,15+,16+,17+,18+,19-,20+,21+,22+,23+,24+,25+,26-,27+,28-,29-,31-/m0/s1. The van der Waals surface area contributed by atoms with Gasteiger partial charge in [-0.1, -0.05) is 0 Å². The second-order valence-electron chi connectivity index (χ2n) is 15.1. The van der Waals surface area contributed by atoms with Crippen LogP contribution in [0.4, 0.5) is 0 Å². The summed E-state index contributed by atoms with van der Waals surface area (Å²) in [7, 11) is -10.8. The molecule has 2 amide bonds. The lowest BCUT2D eigenvalue weighted by Crippen LogP contribution is -2.71. The van der Waals surface area contributed by atoms with E-state index in [0.29, 0.717) is 0 Å². The van der Waals surface area contributed by atoms with Gasteiger partial charge >= 0.3 is 26.8 Å². The van der Waals surface area contributed by atoms with Crippen LogP contribution < -0.4 is 10.6 Å². The molecule has 0 aromatic rings. The minimum atomic E-state index is -5.40. The van der Waals surface area contributed by atoms with E-state index in [2.05, 4.69) is 19.0 Å². The van der Waals surface area contributed by atoms with Crippen molar-refractivity contribution in [3.8, 4) is 0 Å². The third-order valence-corrected chi connectivity index (χ3v) is 11.2. The molecular formula is C31H52N2O29S2. The van der Waals surface area contributed by atoms with Crippen molar-refractivity contribution >= 4 is 38.6 Å². The van der Waals surface area contributed by atoms with E-state index in [9.17, 15) is 96.5 Å². The first-order chi connectivity index (χ1) is 29.5. The molecule has 0 spiro atoms. The highest BCUT2D eigenvalue weighted by Gasteiger charge is 2.61. The zero-order chi connectivity index (χ0) is 48.4. The summed E-state index contributed by atoms with van der Waals surface area (Å²) in [6.07, 6.45) is -40.1. The Morgan fingerprint density at radius 3 is 1.78 bits per heavy atom. The zero-order valence-electron chi connectivity index (χ0n) is 33.5. The van der Waals surface area contributed by atoms with Crippen molar-refractivity contribution in [2.75, 3.05) is 19.8 Å². The lowest BCUT2D eigenvalue weighted by atomic mass is 9.88. The van der Waals surface area contributed by atoms with Crippen LogP contribution in [-0.4, -0.2) is 248 Å². The molecule has 0 unspecified atom stereocenters. The minimum absolute atomic E-state index is 0.876. The molecule has 0 aromatic heterocycles. The number of ether oxygens (including phenoxy) is 7. The van der Waals surface area contributed by atoms with Gasteiger partial charge in [-0.05, 0) is 6.92 Å². The lowest BCUT2D eigenvalue weighted by Gasteiger charge is -2.51. The van der Waals surface area contributed by atoms with Crippen LogP contribution in [0.15, 0.2) is 0 Å². The number of hydrogen-bond donors (Lipinski definition) is 15. The molecule has 0 aromatic carbocycles. The van der Waals surface area contributed by atoms with Crippen molar-refractivity contribution in [1.82, 2.24) is 10.6 Å². The number of carboxylic acids is 1. The summed E-state index contributed by atoms with van der Waals surface area (Å²) in [5.41, 5.74) is 0. The van der Waals surface area contributed by atoms with Gasteiger partial charge in [0, 0.05) is 20.3 Å². The fraction of sp³-hybridized carbons (Fsp3) is 0.903. The van der Waals surface area contributed by atoms with Crippen molar-refractivity contribution in [3.63, 3.8) is 0 Å². The lowest BCUT2D eigenvalue weighted by molar-refractivity contribution is -0.389. The highest BCUT2D eigenvalue weighted by atomic mass is 32.3. The van der Waals surface area contributed by atoms with Crippen molar-refractivity contribution in [2.45, 2.75) is 155 Å². The van der Waals surface area contributed by atoms with E-state index >= 15 is 0 Å². The number of hydrogen-bond acceptors (Lipinski definition) is 26. The van der Waals surface area contributed by atoms with Crippen LogP contribution in [-0.2, 0) is 76.7 Å². The zero-order valence-corrected chi connectivity index (χ0v) is 35.2. The Morgan fingerprint density at radius 1 is 0.719 bits per heavy atom. The second-order valence-corrected chi connectivity index (χ2v) is 17.3. The van der Waals surface area contributed by atoms with Gasteiger partial charge in [0.05, 0.1) is 38.1 Å². The predicted molar refractivity (Wildman–Crippen MR) is 194 cm³/mol. The summed E-state index contributed by atoms with van der Waals surface area (Å²) in [4.78, 5) is 37.4. The number of nitrogens with one attached hydrogen (secondary N) is 2. The molecule has 4 aliphatic heterocycles. The molecule has 4 rings (SSSR count). The van der Waals surface area contributed by atoms with E-state index in [-0.39, 0.29) is 0 Å². The molecule has 4 fully saturated rings. The number of carbonyl (C=O) groups is 3. The molecule has 0 bridgehead atoms. The Balaban J connectivity index is 1.83. The van der Waals surface area contributed by atoms with Crippen molar-refractivity contribution in [2.24, 2.45) is 0 Å². The van der Waals surface area contributed by atoms with Crippen LogP contribution in [0, 0.1) is 0 Å². The first-order valence-corrected chi connectivity index (χ1v) is 21.6. The number of aliphatic carboxylic acids is 1. The van der Waals surface area contributed by atoms with Gasteiger partial charge in [0.2, 0.25) is 11.8 Å². The van der Waals surface area contributed by atoms with Crippen LogP contribution in [0.25, 0.3) is 0 Å². The van der Waals surface area contributed by atoms with Crippen molar-refractivity contribution in [1.29, 1.82) is 0 Å². The molecule has 31 nitrogen and oxygen atoms in total. The second kappa shape index (κ2) is 21.6. The Labute approximate surface area is 362 Å². The number of rotatable bonds is 18. The Hall–Kier alpha value is -2.53. The van der Waals surface area contributed by atoms with E-state index < -0.39 is 193 Å². The summed E-state index contributed by atoms with van der Waals surface area (Å²) >= 11 is 0. The van der Waals surface area contributed by atoms with E-state index in [1.165, 1.54) is 6.92 Å². The third kappa shape index (κ3) is 13.1. The fourth-order valence-corrected chi connectivity index (χ4v) is 7.88. The highest BCUT2D eigenvalue weighted by molar-refractivity contribution is 7.81. The van der Waals surface area contributed by atoms with E-state index in [4.69, 9.17) is 33.2 Å². The molecule has 0 aliphatic carbocycles. The van der Waals surface area contributed by atoms with Crippen LogP contribution >= 0.6 is 0 Å². The predicted octanol–water partition coefficient (Wildman–Crippen LogP) is -9.57. The molecule has 15 N–H and O–H groups in total. The maximum atomic E-state index is 13.0. The first kappa shape index (κ1) is 54.1. The Morgan fingerprint density at radius 2 is 1.25 bits per heavy atom. The number of carboxylic acid groups (broad SMARTS) is 1. The first-order valence-electron chi connectivity index (χ1n) is 18.9. The van der Waals surface area contributed by atoms with Crippen molar-refractivity contribution in [3.05, 3.63) is 0 Å². The maximum absolute atomic E-state index is 13.0. The van der Waals surface area contributed by atoms with Gasteiger partial charge in [0.1, 0.15) is 85.4 Å². The minimum Gasteiger partial charge on any atom is -0.477 e. The molecule has 33 heteroatoms. The van der Waals surface area contributed by atoms with Gasteiger partial charge in [-0.3, -0.25) is 18.7 Å². The third-order valence-electron chi connectivity index (χ3n) is 10.3. The Kier molecular flexibility index (Phi) is 18.3. The largest absolute Gasteiger partial charge is 0.477 e. The highest BCUT2D eigenvalue weighted by Crippen LogP contribution is 2.39. The van der Waals surface area contributed by atoms with Gasteiger partial charge in [0.15, 0.2) is 18.9 Å². The smallest absolute Gasteiger partial charge is 0.397 e. The van der Waals surface area contributed by atoms with Gasteiger partial charge in [-0.15, -0.1) is 0 Å². The topological polar surface area (TPSA) is 490 Å². The molecule has 372 valence electrons. The van der Waals surface area contributed by atoms with Crippen molar-refractivity contribution < 1.29 is 138 Å². The maximum Gasteiger partial charge on any atom is 0.397 e. The molecule has 64 heavy (non-hydrogen) atoms. The average molecular weight is 981 g/mol. The average Bonchev–Trinajstić information content (AvgIpc) is 3.18. The number of aliphatic hydroxyl groups is 10. The van der Waals surface area contributed by atoms with E-state index in [0.717, 1.165) is 13.8 Å². The van der Waals surface area contributed by atoms with Crippen LogP contribution in [0.1, 0.15) is 27.2 Å². The molecule has 4 saturated heterocycles. The van der Waals surface area contributed by atoms with Gasteiger partial charge in [-0.25, -0.2) is 13.2 Å². The molecule has 0 radical (unpaired) electrons. The molecule has 4 aliphatic rings. The molecule has 0 saturated carbocycles. The van der Waals surface area contributed by atoms with Crippen LogP contribution in [0.3, 0.4) is 0 Å². The molecule has 4 heterocycles. The number of carbonyl (C=O) groups excluding carboxylic acids is 2. The normalized spacial score (nSPS) is 42.0. The summed E-state index contributed by atoms with van der Waals surface area (Å²) in [5, 5.41) is 122. The van der Waals surface area contributed by atoms with Gasteiger partial charge in [0.25, 0.3) is 5.79 Å². The summed E-state index contributed by atoms with van der Waals surface area (Å²) in [6.45, 7) is -0.855. The quantitative estimate of drug-likeness (QED) is 0.0567. The Bertz CT molecular complexity index is 1830. The van der Waals surface area contributed by atoms with E-state index in [1.54, 1.807) is 0 Å². The van der Waals surface area contributed by atoms with E-state index in [1.807, 2.05) is 0 Å². The molecular weight excluding hydrogens is 928 g/mol. The monoisotopic (exact) mass is 980 g/mol. The molecule has 21 atom stereocenters. The number of amides is 2. The van der Waals surface area contributed by atoms with Crippen LogP contribution in [0.5, 0.6) is 0 Å². The SMILES string of the molecule is CC(=O)N[C@@H]1[C@@H](O[C@@H]2O[C@@H](C)[C@@H](O)[C@@H](O)[C@H]2O)[C@H](O[C@@H]2O[C@H](COS(=O)(=O)O)[C@H](O)[C@H](O[C@]3(C(=O)O)C[C@H](O)[C@@H](NC(C)=O)[C@H]([C@H](O)[C@H](O)CO)O3)[C@H]2O)[C@@H](COS(=O)(=O)O)O[C@H]1O.